The average Bonchev–Trinajstić information content (AvgIpc) is 3.25. The molecule has 0 fully saturated rings. The van der Waals surface area contributed by atoms with Gasteiger partial charge in [-0.25, -0.2) is 9.38 Å². The molecule has 3 aromatic carbocycles. The fraction of sp³-hybridized carbons (Fsp3) is 0.103. The second-order valence-corrected chi connectivity index (χ2v) is 9.03. The van der Waals surface area contributed by atoms with Gasteiger partial charge in [-0.1, -0.05) is 54.1 Å². The van der Waals surface area contributed by atoms with Crippen molar-refractivity contribution < 1.29 is 18.7 Å². The zero-order chi connectivity index (χ0) is 27.7. The number of amides is 2. The van der Waals surface area contributed by atoms with Crippen LogP contribution < -0.4 is 15.6 Å². The zero-order valence-electron chi connectivity index (χ0n) is 20.9. The standard InChI is InChI=1S/C29H22ClFN4O4/c1-3-34-16-21(26(36)20-14-23(31)22(30)15-25(20)34)28(37)33-35-27(18-7-5-4-6-8-18)32-24(29(35)38)13-17-9-11-19(39-2)12-10-17/h4-16H,3H2,1-2H3,(H,33,37)/b24-13-. The van der Waals surface area contributed by atoms with Crippen molar-refractivity contribution in [1.29, 1.82) is 0 Å². The number of ether oxygens (including phenoxy) is 1. The molecule has 1 aliphatic heterocycles. The van der Waals surface area contributed by atoms with Gasteiger partial charge in [-0.05, 0) is 42.8 Å². The van der Waals surface area contributed by atoms with E-state index in [9.17, 15) is 18.8 Å². The predicted molar refractivity (Wildman–Crippen MR) is 147 cm³/mol. The molecule has 0 unspecified atom stereocenters. The third-order valence-corrected chi connectivity index (χ3v) is 6.52. The van der Waals surface area contributed by atoms with E-state index in [-0.39, 0.29) is 27.5 Å². The summed E-state index contributed by atoms with van der Waals surface area (Å²) >= 11 is 5.92. The van der Waals surface area contributed by atoms with Gasteiger partial charge in [0, 0.05) is 23.7 Å². The number of aromatic nitrogens is 1. The molecule has 39 heavy (non-hydrogen) atoms. The van der Waals surface area contributed by atoms with Crippen LogP contribution in [-0.4, -0.2) is 34.3 Å². The molecular formula is C29H22ClFN4O4. The third-order valence-electron chi connectivity index (χ3n) is 6.23. The SMILES string of the molecule is CCn1cc(C(=O)NN2C(=O)/C(=C/c3ccc(OC)cc3)N=C2c2ccccc2)c(=O)c2cc(F)c(Cl)cc21. The fourth-order valence-electron chi connectivity index (χ4n) is 4.23. The highest BCUT2D eigenvalue weighted by Gasteiger charge is 2.33. The van der Waals surface area contributed by atoms with Crippen molar-refractivity contribution in [2.24, 2.45) is 4.99 Å². The van der Waals surface area contributed by atoms with Crippen molar-refractivity contribution >= 4 is 46.2 Å². The molecule has 5 rings (SSSR count). The van der Waals surface area contributed by atoms with Crippen LogP contribution in [0.1, 0.15) is 28.4 Å². The normalized spacial score (nSPS) is 14.2. The summed E-state index contributed by atoms with van der Waals surface area (Å²) in [5.74, 6) is -1.37. The Morgan fingerprint density at radius 2 is 1.82 bits per heavy atom. The number of amidine groups is 1. The Morgan fingerprint density at radius 1 is 1.10 bits per heavy atom. The van der Waals surface area contributed by atoms with Crippen LogP contribution in [0, 0.1) is 5.82 Å². The molecule has 0 saturated heterocycles. The number of pyridine rings is 1. The molecule has 0 saturated carbocycles. The lowest BCUT2D eigenvalue weighted by molar-refractivity contribution is -0.124. The molecule has 0 spiro atoms. The quantitative estimate of drug-likeness (QED) is 0.353. The van der Waals surface area contributed by atoms with E-state index in [0.29, 0.717) is 28.9 Å². The van der Waals surface area contributed by atoms with E-state index in [1.54, 1.807) is 66.3 Å². The highest BCUT2D eigenvalue weighted by atomic mass is 35.5. The van der Waals surface area contributed by atoms with E-state index in [1.807, 2.05) is 13.0 Å². The van der Waals surface area contributed by atoms with Crippen LogP contribution in [0.15, 0.2) is 88.4 Å². The summed E-state index contributed by atoms with van der Waals surface area (Å²) < 4.78 is 21.0. The molecule has 1 aliphatic rings. The minimum absolute atomic E-state index is 0.00353. The minimum atomic E-state index is -0.845. The van der Waals surface area contributed by atoms with Gasteiger partial charge in [-0.2, -0.15) is 5.01 Å². The molecule has 8 nitrogen and oxygen atoms in total. The molecule has 0 aliphatic carbocycles. The van der Waals surface area contributed by atoms with Crippen LogP contribution in [-0.2, 0) is 11.3 Å². The molecule has 2 heterocycles. The lowest BCUT2D eigenvalue weighted by Crippen LogP contribution is -2.48. The summed E-state index contributed by atoms with van der Waals surface area (Å²) in [5, 5.41) is 0.870. The summed E-state index contributed by atoms with van der Waals surface area (Å²) in [7, 11) is 1.56. The lowest BCUT2D eigenvalue weighted by Gasteiger charge is -2.20. The number of hydrazine groups is 1. The van der Waals surface area contributed by atoms with Crippen LogP contribution in [0.3, 0.4) is 0 Å². The van der Waals surface area contributed by atoms with Gasteiger partial charge >= 0.3 is 0 Å². The Bertz CT molecular complexity index is 1730. The van der Waals surface area contributed by atoms with Crippen molar-refractivity contribution in [2.45, 2.75) is 13.5 Å². The Labute approximate surface area is 227 Å². The number of methoxy groups -OCH3 is 1. The highest BCUT2D eigenvalue weighted by Crippen LogP contribution is 2.24. The summed E-state index contributed by atoms with van der Waals surface area (Å²) in [6.45, 7) is 2.19. The number of halogens is 2. The topological polar surface area (TPSA) is 93.0 Å². The monoisotopic (exact) mass is 544 g/mol. The van der Waals surface area contributed by atoms with Crippen molar-refractivity contribution in [2.75, 3.05) is 7.11 Å². The number of carbonyl (C=O) groups is 2. The predicted octanol–water partition coefficient (Wildman–Crippen LogP) is 4.80. The molecule has 0 bridgehead atoms. The number of fused-ring (bicyclic) bond motifs is 1. The van der Waals surface area contributed by atoms with Gasteiger partial charge in [0.05, 0.1) is 17.6 Å². The molecule has 0 radical (unpaired) electrons. The van der Waals surface area contributed by atoms with Crippen molar-refractivity contribution in [3.8, 4) is 5.75 Å². The number of aryl methyl sites for hydroxylation is 1. The maximum absolute atomic E-state index is 14.2. The Balaban J connectivity index is 1.54. The first-order chi connectivity index (χ1) is 18.8. The highest BCUT2D eigenvalue weighted by molar-refractivity contribution is 6.31. The van der Waals surface area contributed by atoms with Crippen LogP contribution in [0.5, 0.6) is 5.75 Å². The van der Waals surface area contributed by atoms with E-state index in [0.717, 1.165) is 11.1 Å². The first kappa shape index (κ1) is 25.9. The molecular weight excluding hydrogens is 523 g/mol. The van der Waals surface area contributed by atoms with Gasteiger partial charge < -0.3 is 9.30 Å². The second kappa shape index (κ2) is 10.5. The number of aliphatic imine (C=N–C) groups is 1. The van der Waals surface area contributed by atoms with Crippen LogP contribution in [0.2, 0.25) is 5.02 Å². The van der Waals surface area contributed by atoms with Gasteiger partial charge in [0.2, 0.25) is 5.43 Å². The van der Waals surface area contributed by atoms with E-state index >= 15 is 0 Å². The van der Waals surface area contributed by atoms with E-state index in [2.05, 4.69) is 10.4 Å². The van der Waals surface area contributed by atoms with Gasteiger partial charge in [-0.3, -0.25) is 19.8 Å². The van der Waals surface area contributed by atoms with Crippen molar-refractivity contribution in [3.05, 3.63) is 116 Å². The molecule has 10 heteroatoms. The van der Waals surface area contributed by atoms with Gasteiger partial charge in [-0.15, -0.1) is 0 Å². The van der Waals surface area contributed by atoms with E-state index < -0.39 is 23.1 Å². The second-order valence-electron chi connectivity index (χ2n) is 8.63. The first-order valence-electron chi connectivity index (χ1n) is 12.0. The summed E-state index contributed by atoms with van der Waals surface area (Å²) in [5.41, 5.74) is 3.32. The number of hydrogen-bond acceptors (Lipinski definition) is 5. The molecule has 4 aromatic rings. The summed E-state index contributed by atoms with van der Waals surface area (Å²) in [4.78, 5) is 44.6. The van der Waals surface area contributed by atoms with Gasteiger partial charge in [0.25, 0.3) is 11.8 Å². The summed E-state index contributed by atoms with van der Waals surface area (Å²) in [6, 6.07) is 18.2. The maximum atomic E-state index is 14.2. The number of rotatable bonds is 6. The first-order valence-corrected chi connectivity index (χ1v) is 12.4. The fourth-order valence-corrected chi connectivity index (χ4v) is 4.39. The Hall–Kier alpha value is -4.76. The molecule has 1 aromatic heterocycles. The summed E-state index contributed by atoms with van der Waals surface area (Å²) in [6.07, 6.45) is 2.95. The minimum Gasteiger partial charge on any atom is -0.497 e. The molecule has 2 amide bonds. The number of nitrogens with zero attached hydrogens (tertiary/aromatic N) is 3. The van der Waals surface area contributed by atoms with E-state index in [4.69, 9.17) is 16.3 Å². The number of hydrogen-bond donors (Lipinski definition) is 1. The van der Waals surface area contributed by atoms with Crippen LogP contribution >= 0.6 is 11.6 Å². The van der Waals surface area contributed by atoms with Gasteiger partial charge in [0.1, 0.15) is 22.8 Å². The number of nitrogens with one attached hydrogen (secondary N) is 1. The van der Waals surface area contributed by atoms with Crippen molar-refractivity contribution in [1.82, 2.24) is 15.0 Å². The largest absolute Gasteiger partial charge is 0.497 e. The lowest BCUT2D eigenvalue weighted by atomic mass is 10.1. The molecule has 196 valence electrons. The Morgan fingerprint density at radius 3 is 2.49 bits per heavy atom. The Kier molecular flexibility index (Phi) is 7.00. The third kappa shape index (κ3) is 4.92. The van der Waals surface area contributed by atoms with Crippen molar-refractivity contribution in [3.63, 3.8) is 0 Å². The maximum Gasteiger partial charge on any atom is 0.297 e. The van der Waals surface area contributed by atoms with Crippen LogP contribution in [0.25, 0.3) is 17.0 Å². The molecule has 0 atom stereocenters. The van der Waals surface area contributed by atoms with Crippen LogP contribution in [0.4, 0.5) is 4.39 Å². The molecule has 1 N–H and O–H groups in total. The van der Waals surface area contributed by atoms with E-state index in [1.165, 1.54) is 12.3 Å². The number of benzene rings is 3. The average molecular weight is 545 g/mol. The zero-order valence-corrected chi connectivity index (χ0v) is 21.7. The van der Waals surface area contributed by atoms with Gasteiger partial charge in [0.15, 0.2) is 5.84 Å². The number of carbonyl (C=O) groups excluding carboxylic acids is 2. The smallest absolute Gasteiger partial charge is 0.297 e.